The van der Waals surface area contributed by atoms with E-state index in [1.807, 2.05) is 30.0 Å². The van der Waals surface area contributed by atoms with Crippen molar-refractivity contribution in [1.82, 2.24) is 9.88 Å². The molecule has 8 heteroatoms. The number of amides is 1. The number of aromatic nitrogens is 1. The molecule has 3 aliphatic rings. The van der Waals surface area contributed by atoms with E-state index in [0.29, 0.717) is 0 Å². The Morgan fingerprint density at radius 1 is 1.06 bits per heavy atom. The van der Waals surface area contributed by atoms with Gasteiger partial charge in [-0.15, -0.1) is 11.3 Å². The van der Waals surface area contributed by atoms with E-state index in [0.717, 1.165) is 54.5 Å². The second-order valence-corrected chi connectivity index (χ2v) is 11.9. The van der Waals surface area contributed by atoms with Crippen LogP contribution in [0.25, 0.3) is 10.2 Å². The number of thiazole rings is 1. The van der Waals surface area contributed by atoms with Crippen molar-refractivity contribution >= 4 is 67.5 Å². The van der Waals surface area contributed by atoms with E-state index in [1.165, 1.54) is 35.9 Å². The van der Waals surface area contributed by atoms with Gasteiger partial charge in [-0.1, -0.05) is 43.2 Å². The van der Waals surface area contributed by atoms with Crippen molar-refractivity contribution in [1.29, 1.82) is 0 Å². The molecule has 1 aromatic heterocycles. The van der Waals surface area contributed by atoms with E-state index >= 15 is 0 Å². The second-order valence-electron chi connectivity index (χ2n) is 8.61. The molecule has 0 radical (unpaired) electrons. The molecule has 2 aromatic carbocycles. The van der Waals surface area contributed by atoms with E-state index in [2.05, 4.69) is 41.2 Å². The lowest BCUT2D eigenvalue weighted by Crippen LogP contribution is -2.40. The summed E-state index contributed by atoms with van der Waals surface area (Å²) in [5, 5.41) is 2.86. The predicted octanol–water partition coefficient (Wildman–Crippen LogP) is 6.91. The number of thioether (sulfide) groups is 2. The van der Waals surface area contributed by atoms with E-state index < -0.39 is 0 Å². The van der Waals surface area contributed by atoms with Crippen LogP contribution in [0.5, 0.6) is 0 Å². The van der Waals surface area contributed by atoms with Gasteiger partial charge in [-0.05, 0) is 61.9 Å². The van der Waals surface area contributed by atoms with Gasteiger partial charge in [0.05, 0.1) is 31.6 Å². The van der Waals surface area contributed by atoms with Gasteiger partial charge in [0.15, 0.2) is 5.17 Å². The van der Waals surface area contributed by atoms with Crippen LogP contribution in [0, 0.1) is 6.92 Å². The highest BCUT2D eigenvalue weighted by Crippen LogP contribution is 2.50. The Morgan fingerprint density at radius 3 is 2.70 bits per heavy atom. The zero-order valence-corrected chi connectivity index (χ0v) is 21.0. The minimum Gasteiger partial charge on any atom is -0.337 e. The van der Waals surface area contributed by atoms with Gasteiger partial charge in [-0.2, -0.15) is 0 Å². The molecule has 2 aliphatic heterocycles. The highest BCUT2D eigenvalue weighted by atomic mass is 32.2. The summed E-state index contributed by atoms with van der Waals surface area (Å²) >= 11 is 4.89. The molecule has 33 heavy (non-hydrogen) atoms. The van der Waals surface area contributed by atoms with Crippen LogP contribution in [0.3, 0.4) is 0 Å². The summed E-state index contributed by atoms with van der Waals surface area (Å²) in [6, 6.07) is 14.7. The molecule has 1 aliphatic carbocycles. The van der Waals surface area contributed by atoms with Crippen LogP contribution in [-0.2, 0) is 4.79 Å². The fourth-order valence-corrected chi connectivity index (χ4v) is 8.03. The highest BCUT2D eigenvalue weighted by molar-refractivity contribution is 8.19. The van der Waals surface area contributed by atoms with Crippen molar-refractivity contribution in [3.05, 3.63) is 57.4 Å². The van der Waals surface area contributed by atoms with E-state index in [9.17, 15) is 4.79 Å². The van der Waals surface area contributed by atoms with Gasteiger partial charge < -0.3 is 4.90 Å². The lowest BCUT2D eigenvalue weighted by molar-refractivity contribution is -0.124. The van der Waals surface area contributed by atoms with Gasteiger partial charge in [0.2, 0.25) is 0 Å². The van der Waals surface area contributed by atoms with Crippen LogP contribution in [0.15, 0.2) is 62.3 Å². The number of amidine groups is 1. The van der Waals surface area contributed by atoms with Crippen molar-refractivity contribution in [3.63, 3.8) is 0 Å². The Labute approximate surface area is 206 Å². The van der Waals surface area contributed by atoms with Crippen LogP contribution in [-0.4, -0.2) is 34.0 Å². The number of aryl methyl sites for hydroxylation is 1. The van der Waals surface area contributed by atoms with E-state index in [4.69, 9.17) is 4.99 Å². The molecule has 3 heterocycles. The molecule has 1 saturated heterocycles. The molecule has 2 fully saturated rings. The Kier molecular flexibility index (Phi) is 5.47. The highest BCUT2D eigenvalue weighted by Gasteiger charge is 2.42. The molecule has 1 amide bonds. The number of aliphatic imine (C=N–C) groups is 1. The Morgan fingerprint density at radius 2 is 1.88 bits per heavy atom. The predicted molar refractivity (Wildman–Crippen MR) is 140 cm³/mol. The Balaban J connectivity index is 1.42. The lowest BCUT2D eigenvalue weighted by Gasteiger charge is -2.30. The second kappa shape index (κ2) is 8.49. The minimum atomic E-state index is 0.0996. The first-order valence-corrected chi connectivity index (χ1v) is 13.8. The van der Waals surface area contributed by atoms with Crippen LogP contribution in [0.1, 0.15) is 37.1 Å². The number of benzene rings is 2. The first-order chi connectivity index (χ1) is 16.1. The van der Waals surface area contributed by atoms with Crippen LogP contribution >= 0.6 is 34.9 Å². The average molecular weight is 493 g/mol. The fraction of sp³-hybridized carbons (Fsp3) is 0.320. The van der Waals surface area contributed by atoms with Crippen LogP contribution < -0.4 is 4.90 Å². The lowest BCUT2D eigenvalue weighted by atomic mass is 9.94. The summed E-state index contributed by atoms with van der Waals surface area (Å²) in [7, 11) is 2.05. The maximum Gasteiger partial charge on any atom is 0.269 e. The summed E-state index contributed by atoms with van der Waals surface area (Å²) in [6.45, 7) is 2.03. The molecule has 0 N–H and O–H groups in total. The molecule has 0 bridgehead atoms. The number of hydrogen-bond acceptors (Lipinski definition) is 7. The normalized spacial score (nSPS) is 22.7. The monoisotopic (exact) mass is 492 g/mol. The maximum absolute atomic E-state index is 13.8. The summed E-state index contributed by atoms with van der Waals surface area (Å²) in [5.74, 6) is 0.0996. The summed E-state index contributed by atoms with van der Waals surface area (Å²) in [6.07, 6.45) is 5.69. The first kappa shape index (κ1) is 21.3. The Bertz CT molecular complexity index is 1320. The van der Waals surface area contributed by atoms with Gasteiger partial charge >= 0.3 is 0 Å². The molecule has 1 saturated carbocycles. The molecule has 0 spiro atoms. The average Bonchev–Trinajstić information content (AvgIpc) is 3.46. The number of para-hydroxylation sites is 1. The van der Waals surface area contributed by atoms with Gasteiger partial charge in [-0.25, -0.2) is 9.98 Å². The third kappa shape index (κ3) is 3.78. The number of fused-ring (bicyclic) bond motifs is 2. The Hall–Kier alpha value is -2.29. The van der Waals surface area contributed by atoms with Gasteiger partial charge in [0.1, 0.15) is 4.91 Å². The zero-order valence-electron chi connectivity index (χ0n) is 18.6. The molecule has 3 aromatic rings. The zero-order chi connectivity index (χ0) is 22.5. The fourth-order valence-electron chi connectivity index (χ4n) is 4.76. The largest absolute Gasteiger partial charge is 0.337 e. The minimum absolute atomic E-state index is 0.0996. The number of carbonyl (C=O) groups is 1. The molecular weight excluding hydrogens is 469 g/mol. The van der Waals surface area contributed by atoms with Crippen molar-refractivity contribution in [2.75, 3.05) is 11.9 Å². The maximum atomic E-state index is 13.8. The molecular formula is C25H24N4OS3. The van der Waals surface area contributed by atoms with Crippen molar-refractivity contribution in [3.8, 4) is 0 Å². The van der Waals surface area contributed by atoms with Gasteiger partial charge in [0, 0.05) is 18.0 Å². The summed E-state index contributed by atoms with van der Waals surface area (Å²) in [5.41, 5.74) is 3.04. The number of carbonyl (C=O) groups excluding carboxylic acids is 1. The van der Waals surface area contributed by atoms with Crippen molar-refractivity contribution in [2.45, 2.75) is 50.0 Å². The van der Waals surface area contributed by atoms with Crippen LogP contribution in [0.2, 0.25) is 0 Å². The molecule has 0 unspecified atom stereocenters. The molecule has 6 rings (SSSR count). The molecule has 5 nitrogen and oxygen atoms in total. The van der Waals surface area contributed by atoms with Gasteiger partial charge in [0.25, 0.3) is 5.91 Å². The number of rotatable bonds is 2. The topological polar surface area (TPSA) is 48.8 Å². The first-order valence-electron chi connectivity index (χ1n) is 11.3. The van der Waals surface area contributed by atoms with Crippen molar-refractivity contribution in [2.24, 2.45) is 4.99 Å². The number of hydrogen-bond donors (Lipinski definition) is 0. The smallest absolute Gasteiger partial charge is 0.269 e. The van der Waals surface area contributed by atoms with E-state index in [-0.39, 0.29) is 11.9 Å². The third-order valence-electron chi connectivity index (χ3n) is 6.39. The standard InChI is InChI=1S/C25H24N4OS3/c1-15-26-18-13-12-16(14-21(18)31-15)27-25-29(17-8-4-3-5-9-17)23(30)22(33-25)24-28(2)19-10-6-7-11-20(19)32-24/h6-7,10-14,17H,3-5,8-9H2,1-2H3/b24-22-,27-25?. The molecule has 168 valence electrons. The van der Waals surface area contributed by atoms with Crippen LogP contribution in [0.4, 0.5) is 11.4 Å². The van der Waals surface area contributed by atoms with Crippen molar-refractivity contribution < 1.29 is 4.79 Å². The third-order valence-corrected chi connectivity index (χ3v) is 9.73. The van der Waals surface area contributed by atoms with Gasteiger partial charge in [-0.3, -0.25) is 9.69 Å². The van der Waals surface area contributed by atoms with E-state index in [1.54, 1.807) is 23.1 Å². The summed E-state index contributed by atoms with van der Waals surface area (Å²) in [4.78, 5) is 29.5. The quantitative estimate of drug-likeness (QED) is 0.364. The number of anilines is 1. The number of nitrogens with zero attached hydrogens (tertiary/aromatic N) is 4. The SMILES string of the molecule is Cc1nc2ccc(N=C3S/C(=C4\Sc5ccccc5N4C)C(=O)N3C3CCCCC3)cc2s1. The summed E-state index contributed by atoms with van der Waals surface area (Å²) < 4.78 is 1.13. The molecule has 0 atom stereocenters.